The van der Waals surface area contributed by atoms with Crippen LogP contribution in [0.25, 0.3) is 0 Å². The van der Waals surface area contributed by atoms with E-state index in [0.717, 1.165) is 30.1 Å². The van der Waals surface area contributed by atoms with E-state index in [2.05, 4.69) is 15.6 Å². The Balaban J connectivity index is 1.26. The van der Waals surface area contributed by atoms with E-state index < -0.39 is 28.8 Å². The number of carbonyl (C=O) groups is 1. The average molecular weight is 578 g/mol. The fourth-order valence-electron chi connectivity index (χ4n) is 6.63. The molecule has 1 aromatic carbocycles. The highest BCUT2D eigenvalue weighted by atomic mass is 19.3. The first kappa shape index (κ1) is 31.5. The first-order valence-electron chi connectivity index (χ1n) is 14.9. The van der Waals surface area contributed by atoms with Crippen molar-refractivity contribution in [1.82, 2.24) is 20.4 Å². The molecule has 3 aliphatic rings. The number of amides is 1. The van der Waals surface area contributed by atoms with Gasteiger partial charge in [-0.2, -0.15) is 0 Å². The van der Waals surface area contributed by atoms with Crippen LogP contribution in [0.1, 0.15) is 83.9 Å². The highest BCUT2D eigenvalue weighted by Gasteiger charge is 2.45. The van der Waals surface area contributed by atoms with Gasteiger partial charge in [0.05, 0.1) is 29.0 Å². The van der Waals surface area contributed by atoms with Crippen LogP contribution in [0, 0.1) is 17.7 Å². The van der Waals surface area contributed by atoms with Crippen molar-refractivity contribution < 1.29 is 23.1 Å². The second kappa shape index (κ2) is 12.4. The second-order valence-electron chi connectivity index (χ2n) is 12.4. The van der Waals surface area contributed by atoms with E-state index in [1.807, 2.05) is 30.6 Å². The van der Waals surface area contributed by atoms with Crippen molar-refractivity contribution >= 4 is 11.7 Å². The number of unbranched alkanes of at least 4 members (excludes halogenated alkanes) is 1. The first-order valence-corrected chi connectivity index (χ1v) is 14.9. The molecule has 228 valence electrons. The number of likely N-dealkylation sites (tertiary alicyclic amines) is 1. The van der Waals surface area contributed by atoms with Gasteiger partial charge in [-0.1, -0.05) is 18.2 Å². The number of amidine groups is 1. The van der Waals surface area contributed by atoms with Crippen LogP contribution in [0.15, 0.2) is 34.6 Å². The van der Waals surface area contributed by atoms with E-state index in [1.54, 1.807) is 27.0 Å². The fraction of sp³-hybridized carbons (Fsp3) is 0.677. The van der Waals surface area contributed by atoms with Gasteiger partial charge in [0.25, 0.3) is 5.92 Å². The highest BCUT2D eigenvalue weighted by molar-refractivity contribution is 5.91. The Morgan fingerprint density at radius 3 is 2.56 bits per heavy atom. The number of β-amino-alcohol motifs (C(OH)–C–C–N with tert-alkyl or cyclic N) is 1. The van der Waals surface area contributed by atoms with Crippen LogP contribution in [0.5, 0.6) is 0 Å². The third-order valence-electron chi connectivity index (χ3n) is 9.08. The molecule has 0 saturated carbocycles. The summed E-state index contributed by atoms with van der Waals surface area (Å²) in [6.45, 7) is 11.2. The third kappa shape index (κ3) is 6.65. The number of nitrogens with one attached hydrogen (secondary N) is 2. The molecule has 3 aliphatic heterocycles. The quantitative estimate of drug-likeness (QED) is 0.325. The molecule has 0 aromatic heterocycles. The van der Waals surface area contributed by atoms with Crippen molar-refractivity contribution in [2.24, 2.45) is 16.8 Å². The molecule has 4 rings (SSSR count). The topological polar surface area (TPSA) is 80.2 Å². The molecular formula is C31H46F3N5O2. The van der Waals surface area contributed by atoms with Crippen LogP contribution in [-0.2, 0) is 10.7 Å². The van der Waals surface area contributed by atoms with Crippen molar-refractivity contribution in [1.29, 1.82) is 0 Å². The third-order valence-corrected chi connectivity index (χ3v) is 9.08. The molecule has 2 unspecified atom stereocenters. The highest BCUT2D eigenvalue weighted by Crippen LogP contribution is 2.43. The minimum atomic E-state index is -3.27. The van der Waals surface area contributed by atoms with Gasteiger partial charge in [0.15, 0.2) is 0 Å². The normalized spacial score (nSPS) is 24.7. The number of carbonyl (C=O) groups excluding carboxylic acids is 1. The number of aliphatic hydroxyl groups is 1. The summed E-state index contributed by atoms with van der Waals surface area (Å²) >= 11 is 0. The van der Waals surface area contributed by atoms with E-state index in [9.17, 15) is 9.90 Å². The Bertz CT molecular complexity index is 1180. The maximum Gasteiger partial charge on any atom is 0.278 e. The molecule has 0 radical (unpaired) electrons. The summed E-state index contributed by atoms with van der Waals surface area (Å²) in [5, 5.41) is 17.3. The summed E-state index contributed by atoms with van der Waals surface area (Å²) in [5.74, 6) is -3.51. The molecular weight excluding hydrogens is 531 g/mol. The van der Waals surface area contributed by atoms with Gasteiger partial charge < -0.3 is 20.6 Å². The molecule has 3 heterocycles. The van der Waals surface area contributed by atoms with Crippen molar-refractivity contribution in [3.05, 3.63) is 46.5 Å². The smallest absolute Gasteiger partial charge is 0.278 e. The Morgan fingerprint density at radius 1 is 1.22 bits per heavy atom. The Hall–Kier alpha value is -2.43. The van der Waals surface area contributed by atoms with Gasteiger partial charge in [0.1, 0.15) is 11.6 Å². The molecule has 1 saturated heterocycles. The van der Waals surface area contributed by atoms with Gasteiger partial charge in [-0.25, -0.2) is 13.2 Å². The molecule has 1 aromatic rings. The van der Waals surface area contributed by atoms with Crippen molar-refractivity contribution in [3.8, 4) is 0 Å². The Morgan fingerprint density at radius 2 is 1.90 bits per heavy atom. The van der Waals surface area contributed by atoms with Crippen molar-refractivity contribution in [2.75, 3.05) is 33.2 Å². The largest absolute Gasteiger partial charge is 0.389 e. The first-order chi connectivity index (χ1) is 19.3. The van der Waals surface area contributed by atoms with Crippen LogP contribution < -0.4 is 10.6 Å². The van der Waals surface area contributed by atoms with Gasteiger partial charge in [-0.3, -0.25) is 14.7 Å². The maximum absolute atomic E-state index is 15.5. The lowest BCUT2D eigenvalue weighted by atomic mass is 9.84. The molecule has 3 N–H and O–H groups in total. The second-order valence-corrected chi connectivity index (χ2v) is 12.4. The minimum absolute atomic E-state index is 0.0220. The van der Waals surface area contributed by atoms with Crippen molar-refractivity contribution in [3.63, 3.8) is 0 Å². The lowest BCUT2D eigenvalue weighted by molar-refractivity contribution is -0.130. The monoisotopic (exact) mass is 577 g/mol. The van der Waals surface area contributed by atoms with Crippen LogP contribution in [0.2, 0.25) is 0 Å². The summed E-state index contributed by atoms with van der Waals surface area (Å²) in [4.78, 5) is 21.3. The zero-order valence-corrected chi connectivity index (χ0v) is 25.2. The number of hydrogen-bond donors (Lipinski definition) is 3. The number of nitrogens with zero attached hydrogens (tertiary/aromatic N) is 3. The summed E-state index contributed by atoms with van der Waals surface area (Å²) in [6, 6.07) is 3.86. The minimum Gasteiger partial charge on any atom is -0.389 e. The maximum atomic E-state index is 15.5. The van der Waals surface area contributed by atoms with Gasteiger partial charge in [-0.05, 0) is 86.9 Å². The SMILES string of the molecule is CN[C@H](C)c1cccc(C(F)(F)C2CCN(CC(C)(O)CCCCN3C(=O)C(C)C4=C3NC(C)=N[C@@H]4C)CC2)c1F. The summed E-state index contributed by atoms with van der Waals surface area (Å²) in [7, 11) is 1.67. The predicted octanol–water partition coefficient (Wildman–Crippen LogP) is 4.93. The zero-order chi connectivity index (χ0) is 30.1. The number of aliphatic imine (C=N–C) groups is 1. The molecule has 7 nitrogen and oxygen atoms in total. The predicted molar refractivity (Wildman–Crippen MR) is 155 cm³/mol. The fourth-order valence-corrected chi connectivity index (χ4v) is 6.63. The summed E-state index contributed by atoms with van der Waals surface area (Å²) < 4.78 is 46.0. The van der Waals surface area contributed by atoms with Crippen LogP contribution in [0.3, 0.4) is 0 Å². The lowest BCUT2D eigenvalue weighted by Gasteiger charge is -2.39. The molecule has 1 amide bonds. The number of benzene rings is 1. The number of alkyl halides is 2. The van der Waals surface area contributed by atoms with E-state index >= 15 is 13.2 Å². The van der Waals surface area contributed by atoms with Crippen LogP contribution in [0.4, 0.5) is 13.2 Å². The van der Waals surface area contributed by atoms with Crippen LogP contribution >= 0.6 is 0 Å². The summed E-state index contributed by atoms with van der Waals surface area (Å²) in [6.07, 6.45) is 2.47. The lowest BCUT2D eigenvalue weighted by Crippen LogP contribution is -2.46. The van der Waals surface area contributed by atoms with E-state index in [4.69, 9.17) is 0 Å². The number of hydrogen-bond acceptors (Lipinski definition) is 6. The van der Waals surface area contributed by atoms with Gasteiger partial charge in [0.2, 0.25) is 5.91 Å². The number of piperidine rings is 1. The van der Waals surface area contributed by atoms with Crippen LogP contribution in [-0.4, -0.2) is 71.5 Å². The summed E-state index contributed by atoms with van der Waals surface area (Å²) in [5.41, 5.74) is -0.235. The van der Waals surface area contributed by atoms with Crippen molar-refractivity contribution in [2.45, 2.75) is 90.3 Å². The molecule has 10 heteroatoms. The van der Waals surface area contributed by atoms with Gasteiger partial charge >= 0.3 is 0 Å². The van der Waals surface area contributed by atoms with E-state index in [0.29, 0.717) is 32.6 Å². The molecule has 41 heavy (non-hydrogen) atoms. The standard InChI is InChI=1S/C31H46F3N5O2/c1-19-26-21(3)36-22(4)37-28(26)39(29(19)40)15-8-7-14-30(5,41)18-38-16-12-23(13-17-38)31(33,34)25-11-9-10-24(27(25)32)20(2)35-6/h9-11,19-21,23,35,41H,7-8,12-18H2,1-6H3,(H,36,37)/t19?,20-,21-,30?/m1/s1. The zero-order valence-electron chi connectivity index (χ0n) is 25.2. The Labute approximate surface area is 242 Å². The molecule has 0 aliphatic carbocycles. The van der Waals surface area contributed by atoms with E-state index in [-0.39, 0.29) is 42.3 Å². The molecule has 0 spiro atoms. The molecule has 1 fully saturated rings. The molecule has 0 bridgehead atoms. The van der Waals surface area contributed by atoms with Gasteiger partial charge in [-0.15, -0.1) is 0 Å². The number of rotatable bonds is 11. The number of halogens is 3. The molecule has 4 atom stereocenters. The van der Waals surface area contributed by atoms with Gasteiger partial charge in [0, 0.05) is 36.2 Å². The Kier molecular flexibility index (Phi) is 9.55. The van der Waals surface area contributed by atoms with E-state index in [1.165, 1.54) is 12.1 Å². The average Bonchev–Trinajstić information content (AvgIpc) is 3.15.